The number of imidazole rings is 1. The van der Waals surface area contributed by atoms with Crippen molar-refractivity contribution >= 4 is 44.3 Å². The average Bonchev–Trinajstić information content (AvgIpc) is 2.96. The molecule has 0 fully saturated rings. The van der Waals surface area contributed by atoms with Crippen LogP contribution in [0, 0.1) is 0 Å². The van der Waals surface area contributed by atoms with E-state index >= 15 is 0 Å². The number of hydrogen-bond acceptors (Lipinski definition) is 6. The van der Waals surface area contributed by atoms with Gasteiger partial charge in [0.2, 0.25) is 10.0 Å². The molecule has 0 bridgehead atoms. The largest absolute Gasteiger partial charge is 0.454 e. The molecule has 0 unspecified atom stereocenters. The summed E-state index contributed by atoms with van der Waals surface area (Å²) in [5, 5.41) is 9.86. The molecule has 0 saturated heterocycles. The molecule has 8 nitrogen and oxygen atoms in total. The second kappa shape index (κ2) is 8.17. The third-order valence-electron chi connectivity index (χ3n) is 3.85. The van der Waals surface area contributed by atoms with Crippen LogP contribution in [-0.2, 0) is 27.9 Å². The van der Waals surface area contributed by atoms with E-state index in [1.54, 1.807) is 28.8 Å². The molecule has 3 aromatic rings. The third kappa shape index (κ3) is 4.80. The number of aliphatic hydroxyl groups excluding tert-OH is 1. The van der Waals surface area contributed by atoms with E-state index in [1.165, 1.54) is 18.2 Å². The summed E-state index contributed by atoms with van der Waals surface area (Å²) in [4.78, 5) is 16.8. The van der Waals surface area contributed by atoms with E-state index in [0.29, 0.717) is 16.4 Å². The summed E-state index contributed by atoms with van der Waals surface area (Å²) in [6.45, 7) is 0.0461. The molecule has 0 radical (unpaired) electrons. The quantitative estimate of drug-likeness (QED) is 0.564. The van der Waals surface area contributed by atoms with Crippen LogP contribution < -0.4 is 4.72 Å². The maximum atomic E-state index is 12.4. The van der Waals surface area contributed by atoms with Crippen LogP contribution in [0.4, 0.5) is 5.69 Å². The molecule has 10 heteroatoms. The smallest absolute Gasteiger partial charge is 0.338 e. The van der Waals surface area contributed by atoms with Crippen molar-refractivity contribution in [3.05, 3.63) is 58.9 Å². The lowest BCUT2D eigenvalue weighted by Crippen LogP contribution is -2.13. The van der Waals surface area contributed by atoms with E-state index in [9.17, 15) is 18.3 Å². The van der Waals surface area contributed by atoms with Crippen molar-refractivity contribution in [1.29, 1.82) is 0 Å². The first-order valence-electron chi connectivity index (χ1n) is 8.27. The summed E-state index contributed by atoms with van der Waals surface area (Å²) in [6, 6.07) is 11.2. The van der Waals surface area contributed by atoms with Crippen molar-refractivity contribution in [3.8, 4) is 0 Å². The van der Waals surface area contributed by atoms with Crippen LogP contribution in [0.1, 0.15) is 16.2 Å². The zero-order valence-corrected chi connectivity index (χ0v) is 16.5. The minimum atomic E-state index is -3.46. The predicted octanol–water partition coefficient (Wildman–Crippen LogP) is 2.41. The molecule has 0 spiro atoms. The Morgan fingerprint density at radius 2 is 2.07 bits per heavy atom. The minimum Gasteiger partial charge on any atom is -0.454 e. The van der Waals surface area contributed by atoms with Gasteiger partial charge in [-0.05, 0) is 36.4 Å². The van der Waals surface area contributed by atoms with Gasteiger partial charge in [0.05, 0.1) is 29.5 Å². The third-order valence-corrected chi connectivity index (χ3v) is 4.69. The summed E-state index contributed by atoms with van der Waals surface area (Å²) < 4.78 is 32.0. The second-order valence-electron chi connectivity index (χ2n) is 6.07. The van der Waals surface area contributed by atoms with Crippen LogP contribution in [0.2, 0.25) is 5.02 Å². The molecular formula is C18H18ClN3O5S. The summed E-state index contributed by atoms with van der Waals surface area (Å²) in [7, 11) is -3.46. The first kappa shape index (κ1) is 20.1. The molecule has 1 heterocycles. The molecular weight excluding hydrogens is 406 g/mol. The summed E-state index contributed by atoms with van der Waals surface area (Å²) in [6.07, 6.45) is 1.02. The summed E-state index contributed by atoms with van der Waals surface area (Å²) in [5.41, 5.74) is 1.86. The van der Waals surface area contributed by atoms with E-state index in [1.807, 2.05) is 0 Å². The van der Waals surface area contributed by atoms with Crippen LogP contribution in [0.25, 0.3) is 11.0 Å². The standard InChI is InChI=1S/C18H18ClN3O5S/c1-28(25,26)21-14-4-2-3-12(9-14)18(24)27-11-17-20-15-6-5-13(19)10-16(15)22(17)7-8-23/h2-6,9-10,21,23H,7-8,11H2,1H3. The van der Waals surface area contributed by atoms with Gasteiger partial charge in [-0.1, -0.05) is 17.7 Å². The van der Waals surface area contributed by atoms with Crippen molar-refractivity contribution in [3.63, 3.8) is 0 Å². The van der Waals surface area contributed by atoms with Gasteiger partial charge < -0.3 is 14.4 Å². The maximum Gasteiger partial charge on any atom is 0.338 e. The number of carbonyl (C=O) groups is 1. The molecule has 0 saturated carbocycles. The van der Waals surface area contributed by atoms with Gasteiger partial charge in [-0.3, -0.25) is 4.72 Å². The van der Waals surface area contributed by atoms with Crippen LogP contribution in [-0.4, -0.2) is 41.9 Å². The van der Waals surface area contributed by atoms with Crippen molar-refractivity contribution < 1.29 is 23.1 Å². The molecule has 0 amide bonds. The first-order valence-corrected chi connectivity index (χ1v) is 10.5. The number of fused-ring (bicyclic) bond motifs is 1. The number of sulfonamides is 1. The van der Waals surface area contributed by atoms with E-state index in [2.05, 4.69) is 9.71 Å². The number of hydrogen-bond donors (Lipinski definition) is 2. The normalized spacial score (nSPS) is 11.5. The van der Waals surface area contributed by atoms with E-state index in [4.69, 9.17) is 16.3 Å². The molecule has 0 aliphatic rings. The zero-order valence-electron chi connectivity index (χ0n) is 14.9. The molecule has 1 aromatic heterocycles. The highest BCUT2D eigenvalue weighted by atomic mass is 35.5. The van der Waals surface area contributed by atoms with Crippen molar-refractivity contribution in [1.82, 2.24) is 9.55 Å². The molecule has 2 aromatic carbocycles. The van der Waals surface area contributed by atoms with E-state index < -0.39 is 16.0 Å². The Labute approximate surface area is 166 Å². The van der Waals surface area contributed by atoms with Gasteiger partial charge >= 0.3 is 5.97 Å². The lowest BCUT2D eigenvalue weighted by molar-refractivity contribution is 0.0458. The van der Waals surface area contributed by atoms with Crippen LogP contribution in [0.15, 0.2) is 42.5 Å². The van der Waals surface area contributed by atoms with Crippen molar-refractivity contribution in [2.24, 2.45) is 0 Å². The first-order chi connectivity index (χ1) is 13.3. The maximum absolute atomic E-state index is 12.4. The highest BCUT2D eigenvalue weighted by molar-refractivity contribution is 7.92. The van der Waals surface area contributed by atoms with Crippen LogP contribution >= 0.6 is 11.6 Å². The average molecular weight is 424 g/mol. The number of carbonyl (C=O) groups excluding carboxylic acids is 1. The highest BCUT2D eigenvalue weighted by Crippen LogP contribution is 2.22. The summed E-state index contributed by atoms with van der Waals surface area (Å²) >= 11 is 6.03. The number of benzene rings is 2. The second-order valence-corrected chi connectivity index (χ2v) is 8.25. The van der Waals surface area contributed by atoms with Crippen molar-refractivity contribution in [2.75, 3.05) is 17.6 Å². The Kier molecular flexibility index (Phi) is 5.87. The monoisotopic (exact) mass is 423 g/mol. The fourth-order valence-electron chi connectivity index (χ4n) is 2.74. The number of esters is 1. The Balaban J connectivity index is 1.79. The Hall–Kier alpha value is -2.62. The zero-order chi connectivity index (χ0) is 20.3. The van der Waals surface area contributed by atoms with E-state index in [0.717, 1.165) is 11.8 Å². The summed E-state index contributed by atoms with van der Waals surface area (Å²) in [5.74, 6) is -0.164. The topological polar surface area (TPSA) is 111 Å². The number of aliphatic hydroxyl groups is 1. The highest BCUT2D eigenvalue weighted by Gasteiger charge is 2.15. The van der Waals surface area contributed by atoms with Gasteiger partial charge in [-0.25, -0.2) is 18.2 Å². The fourth-order valence-corrected chi connectivity index (χ4v) is 3.46. The molecule has 148 valence electrons. The number of anilines is 1. The minimum absolute atomic E-state index is 0.113. The number of ether oxygens (including phenoxy) is 1. The number of nitrogens with one attached hydrogen (secondary N) is 1. The Bertz CT molecular complexity index is 1130. The molecule has 28 heavy (non-hydrogen) atoms. The number of rotatable bonds is 7. The Morgan fingerprint density at radius 1 is 1.29 bits per heavy atom. The van der Waals surface area contributed by atoms with Crippen LogP contribution in [0.5, 0.6) is 0 Å². The van der Waals surface area contributed by atoms with Crippen molar-refractivity contribution in [2.45, 2.75) is 13.2 Å². The number of aromatic nitrogens is 2. The van der Waals surface area contributed by atoms with Crippen LogP contribution in [0.3, 0.4) is 0 Å². The van der Waals surface area contributed by atoms with E-state index in [-0.39, 0.29) is 31.0 Å². The van der Waals surface area contributed by atoms with Gasteiger partial charge in [0, 0.05) is 17.3 Å². The molecule has 0 aliphatic carbocycles. The predicted molar refractivity (Wildman–Crippen MR) is 106 cm³/mol. The van der Waals surface area contributed by atoms with Gasteiger partial charge in [0.15, 0.2) is 0 Å². The molecule has 2 N–H and O–H groups in total. The van der Waals surface area contributed by atoms with Gasteiger partial charge in [-0.15, -0.1) is 0 Å². The molecule has 3 rings (SSSR count). The SMILES string of the molecule is CS(=O)(=O)Nc1cccc(C(=O)OCc2nc3ccc(Cl)cc3n2CCO)c1. The fraction of sp³-hybridized carbons (Fsp3) is 0.222. The number of halogens is 1. The molecule has 0 atom stereocenters. The van der Waals surface area contributed by atoms with Gasteiger partial charge in [0.1, 0.15) is 12.4 Å². The molecule has 0 aliphatic heterocycles. The lowest BCUT2D eigenvalue weighted by atomic mass is 10.2. The Morgan fingerprint density at radius 3 is 2.79 bits per heavy atom. The number of nitrogens with zero attached hydrogens (tertiary/aromatic N) is 2. The van der Waals surface area contributed by atoms with Gasteiger partial charge in [-0.2, -0.15) is 0 Å². The lowest BCUT2D eigenvalue weighted by Gasteiger charge is -2.09. The van der Waals surface area contributed by atoms with Gasteiger partial charge in [0.25, 0.3) is 0 Å².